The lowest BCUT2D eigenvalue weighted by Gasteiger charge is -2.12. The average molecular weight is 743 g/mol. The van der Waals surface area contributed by atoms with Gasteiger partial charge in [-0.15, -0.1) is 11.3 Å². The number of para-hydroxylation sites is 2. The summed E-state index contributed by atoms with van der Waals surface area (Å²) in [7, 11) is 0. The molecule has 3 heterocycles. The molecule has 0 bridgehead atoms. The molecule has 2 nitrogen and oxygen atoms in total. The van der Waals surface area contributed by atoms with E-state index in [1.54, 1.807) is 0 Å². The van der Waals surface area contributed by atoms with Gasteiger partial charge in [0, 0.05) is 53.1 Å². The number of hydrogen-bond donors (Lipinski definition) is 0. The Balaban J connectivity index is 1.01. The van der Waals surface area contributed by atoms with Gasteiger partial charge in [0.15, 0.2) is 0 Å². The SMILES string of the molecule is c1ccc(-c2ccc(-c3ccc(-n4c5ccccc5c5c6c7ccccc7n(-c7cccc(-c8cccc9c8sc8ccccc89)c7)c6ccc54)cc3)cc2)cc1. The zero-order valence-electron chi connectivity index (χ0n) is 30.9. The fourth-order valence-corrected chi connectivity index (χ4v) is 10.4. The van der Waals surface area contributed by atoms with E-state index < -0.39 is 0 Å². The fourth-order valence-electron chi connectivity index (χ4n) is 9.15. The Morgan fingerprint density at radius 2 is 0.789 bits per heavy atom. The van der Waals surface area contributed by atoms with Crippen LogP contribution in [0.15, 0.2) is 206 Å². The summed E-state index contributed by atoms with van der Waals surface area (Å²) in [6, 6.07) is 75.5. The predicted octanol–water partition coefficient (Wildman–Crippen LogP) is 15.2. The summed E-state index contributed by atoms with van der Waals surface area (Å²) < 4.78 is 7.56. The molecule has 266 valence electrons. The van der Waals surface area contributed by atoms with Gasteiger partial charge in [-0.1, -0.05) is 152 Å². The molecular formula is C54H34N2S. The predicted molar refractivity (Wildman–Crippen MR) is 244 cm³/mol. The third kappa shape index (κ3) is 4.96. The van der Waals surface area contributed by atoms with E-state index >= 15 is 0 Å². The summed E-state index contributed by atoms with van der Waals surface area (Å²) in [5, 5.41) is 7.72. The summed E-state index contributed by atoms with van der Waals surface area (Å²) in [5.74, 6) is 0. The van der Waals surface area contributed by atoms with E-state index in [1.165, 1.54) is 97.2 Å². The summed E-state index contributed by atoms with van der Waals surface area (Å²) in [6.07, 6.45) is 0. The van der Waals surface area contributed by atoms with Crippen molar-refractivity contribution in [2.45, 2.75) is 0 Å². The van der Waals surface area contributed by atoms with E-state index in [-0.39, 0.29) is 0 Å². The van der Waals surface area contributed by atoms with Crippen LogP contribution in [0.2, 0.25) is 0 Å². The molecule has 0 saturated carbocycles. The Morgan fingerprint density at radius 3 is 1.46 bits per heavy atom. The Morgan fingerprint density at radius 1 is 0.298 bits per heavy atom. The molecule has 3 aromatic heterocycles. The molecule has 12 aromatic rings. The number of hydrogen-bond acceptors (Lipinski definition) is 1. The topological polar surface area (TPSA) is 9.86 Å². The van der Waals surface area contributed by atoms with Crippen molar-refractivity contribution >= 4 is 75.1 Å². The highest BCUT2D eigenvalue weighted by molar-refractivity contribution is 7.26. The number of fused-ring (bicyclic) bond motifs is 10. The first-order valence-electron chi connectivity index (χ1n) is 19.5. The monoisotopic (exact) mass is 742 g/mol. The third-order valence-electron chi connectivity index (χ3n) is 11.7. The summed E-state index contributed by atoms with van der Waals surface area (Å²) in [4.78, 5) is 0. The van der Waals surface area contributed by atoms with Crippen molar-refractivity contribution < 1.29 is 0 Å². The van der Waals surface area contributed by atoms with Gasteiger partial charge < -0.3 is 9.13 Å². The van der Waals surface area contributed by atoms with Crippen molar-refractivity contribution in [3.8, 4) is 44.8 Å². The maximum Gasteiger partial charge on any atom is 0.0548 e. The number of thiophene rings is 1. The van der Waals surface area contributed by atoms with Crippen LogP contribution in [0.25, 0.3) is 109 Å². The molecule has 0 radical (unpaired) electrons. The van der Waals surface area contributed by atoms with Gasteiger partial charge in [-0.25, -0.2) is 0 Å². The first-order valence-corrected chi connectivity index (χ1v) is 20.3. The molecule has 0 aliphatic heterocycles. The van der Waals surface area contributed by atoms with E-state index in [0.29, 0.717) is 0 Å². The van der Waals surface area contributed by atoms with Gasteiger partial charge in [-0.05, 0) is 88.0 Å². The van der Waals surface area contributed by atoms with E-state index in [1.807, 2.05) is 11.3 Å². The second-order valence-electron chi connectivity index (χ2n) is 14.9. The van der Waals surface area contributed by atoms with Crippen LogP contribution in [0.5, 0.6) is 0 Å². The van der Waals surface area contributed by atoms with Crippen LogP contribution in [0.1, 0.15) is 0 Å². The molecule has 3 heteroatoms. The molecule has 0 atom stereocenters. The highest BCUT2D eigenvalue weighted by atomic mass is 32.1. The van der Waals surface area contributed by atoms with E-state index in [9.17, 15) is 0 Å². The lowest BCUT2D eigenvalue weighted by Crippen LogP contribution is -1.95. The van der Waals surface area contributed by atoms with Crippen LogP contribution in [-0.2, 0) is 0 Å². The minimum absolute atomic E-state index is 1.15. The lowest BCUT2D eigenvalue weighted by molar-refractivity contribution is 1.17. The largest absolute Gasteiger partial charge is 0.309 e. The maximum atomic E-state index is 2.46. The van der Waals surface area contributed by atoms with E-state index in [4.69, 9.17) is 0 Å². The van der Waals surface area contributed by atoms with Crippen molar-refractivity contribution in [1.82, 2.24) is 9.13 Å². The average Bonchev–Trinajstić information content (AvgIpc) is 3.95. The van der Waals surface area contributed by atoms with Crippen molar-refractivity contribution in [2.75, 3.05) is 0 Å². The Hall–Kier alpha value is -7.20. The van der Waals surface area contributed by atoms with Crippen molar-refractivity contribution in [1.29, 1.82) is 0 Å². The fraction of sp³-hybridized carbons (Fsp3) is 0. The number of rotatable bonds is 5. The van der Waals surface area contributed by atoms with Gasteiger partial charge in [-0.2, -0.15) is 0 Å². The van der Waals surface area contributed by atoms with Crippen molar-refractivity contribution in [3.63, 3.8) is 0 Å². The number of benzene rings is 9. The summed E-state index contributed by atoms with van der Waals surface area (Å²) >= 11 is 1.88. The maximum absolute atomic E-state index is 2.46. The molecule has 0 aliphatic carbocycles. The molecule has 0 amide bonds. The number of aromatic nitrogens is 2. The van der Waals surface area contributed by atoms with Crippen molar-refractivity contribution in [2.24, 2.45) is 0 Å². The molecule has 0 unspecified atom stereocenters. The molecule has 0 N–H and O–H groups in total. The van der Waals surface area contributed by atoms with Gasteiger partial charge in [0.05, 0.1) is 22.1 Å². The van der Waals surface area contributed by atoms with Crippen LogP contribution in [0.4, 0.5) is 0 Å². The molecule has 57 heavy (non-hydrogen) atoms. The van der Waals surface area contributed by atoms with Crippen LogP contribution >= 0.6 is 11.3 Å². The smallest absolute Gasteiger partial charge is 0.0548 e. The zero-order chi connectivity index (χ0) is 37.5. The second-order valence-corrected chi connectivity index (χ2v) is 15.9. The van der Waals surface area contributed by atoms with Crippen LogP contribution in [0.3, 0.4) is 0 Å². The molecule has 0 aliphatic rings. The zero-order valence-corrected chi connectivity index (χ0v) is 31.7. The van der Waals surface area contributed by atoms with Gasteiger partial charge in [0.2, 0.25) is 0 Å². The van der Waals surface area contributed by atoms with Gasteiger partial charge in [0.1, 0.15) is 0 Å². The summed E-state index contributed by atoms with van der Waals surface area (Å²) in [5.41, 5.74) is 14.5. The van der Waals surface area contributed by atoms with Crippen molar-refractivity contribution in [3.05, 3.63) is 206 Å². The molecule has 0 saturated heterocycles. The molecule has 12 rings (SSSR count). The first kappa shape index (κ1) is 32.1. The van der Waals surface area contributed by atoms with Gasteiger partial charge in [-0.3, -0.25) is 0 Å². The van der Waals surface area contributed by atoms with E-state index in [2.05, 4.69) is 215 Å². The molecular weight excluding hydrogens is 709 g/mol. The van der Waals surface area contributed by atoms with Gasteiger partial charge >= 0.3 is 0 Å². The summed E-state index contributed by atoms with van der Waals surface area (Å²) in [6.45, 7) is 0. The second kappa shape index (κ2) is 12.7. The van der Waals surface area contributed by atoms with Crippen LogP contribution < -0.4 is 0 Å². The highest BCUT2D eigenvalue weighted by Crippen LogP contribution is 2.44. The minimum atomic E-state index is 1.15. The van der Waals surface area contributed by atoms with Gasteiger partial charge in [0.25, 0.3) is 0 Å². The lowest BCUT2D eigenvalue weighted by atomic mass is 10.0. The highest BCUT2D eigenvalue weighted by Gasteiger charge is 2.21. The Labute approximate surface area is 333 Å². The number of nitrogens with zero attached hydrogens (tertiary/aromatic N) is 2. The van der Waals surface area contributed by atoms with E-state index in [0.717, 1.165) is 11.4 Å². The quantitative estimate of drug-likeness (QED) is 0.166. The Bertz CT molecular complexity index is 3490. The Kier molecular flexibility index (Phi) is 7.13. The van der Waals surface area contributed by atoms with Crippen LogP contribution in [0, 0.1) is 0 Å². The minimum Gasteiger partial charge on any atom is -0.309 e. The molecule has 0 fully saturated rings. The third-order valence-corrected chi connectivity index (χ3v) is 13.0. The molecule has 9 aromatic carbocycles. The normalized spacial score (nSPS) is 11.9. The van der Waals surface area contributed by atoms with Crippen LogP contribution in [-0.4, -0.2) is 9.13 Å². The standard InChI is InChI=1S/C54H34N2S/c1-2-12-35(13-3-1)36-24-26-37(27-25-36)38-28-30-40(31-29-38)55-47-21-7-4-17-45(47)52-49(55)32-33-50-53(52)46-18-5-8-22-48(46)56(50)41-15-10-14-39(34-41)42-19-11-20-44-43-16-6-9-23-51(43)57-54(42)44/h1-34H. The molecule has 0 spiro atoms. The first-order chi connectivity index (χ1) is 28.3.